The average Bonchev–Trinajstić information content (AvgIpc) is 2.42. The summed E-state index contributed by atoms with van der Waals surface area (Å²) in [5.41, 5.74) is 8.42. The van der Waals surface area contributed by atoms with Gasteiger partial charge in [0.25, 0.3) is 0 Å². The van der Waals surface area contributed by atoms with Crippen molar-refractivity contribution in [3.05, 3.63) is 23.0 Å². The summed E-state index contributed by atoms with van der Waals surface area (Å²) in [6, 6.07) is 2.36. The zero-order chi connectivity index (χ0) is 11.6. The molecule has 1 aromatic rings. The number of Topliss-reactive ketones (excluding diaryl/α,β-unsaturated/α-hetero) is 1. The number of nitrogens with zero attached hydrogens (tertiary/aromatic N) is 1. The molecule has 0 aliphatic carbocycles. The van der Waals surface area contributed by atoms with Crippen LogP contribution >= 0.6 is 0 Å². The van der Waals surface area contributed by atoms with Crippen LogP contribution in [0.3, 0.4) is 0 Å². The van der Waals surface area contributed by atoms with E-state index in [1.807, 2.05) is 19.9 Å². The molecule has 0 atom stereocenters. The topological polar surface area (TPSA) is 48.0 Å². The summed E-state index contributed by atoms with van der Waals surface area (Å²) in [5.74, 6) is 0.150. The van der Waals surface area contributed by atoms with Crippen LogP contribution in [-0.4, -0.2) is 16.9 Å². The van der Waals surface area contributed by atoms with Crippen LogP contribution in [0.5, 0.6) is 0 Å². The van der Waals surface area contributed by atoms with E-state index in [1.165, 1.54) is 0 Å². The molecule has 15 heavy (non-hydrogen) atoms. The first-order chi connectivity index (χ1) is 6.99. The summed E-state index contributed by atoms with van der Waals surface area (Å²) < 4.78 is 2.18. The summed E-state index contributed by atoms with van der Waals surface area (Å²) >= 11 is 0. The van der Waals surface area contributed by atoms with Gasteiger partial charge in [0, 0.05) is 29.4 Å². The average molecular weight is 208 g/mol. The number of nitrogens with two attached hydrogens (primary N) is 1. The molecule has 0 spiro atoms. The van der Waals surface area contributed by atoms with Gasteiger partial charge in [-0.25, -0.2) is 0 Å². The molecule has 3 heteroatoms. The Balaban J connectivity index is 3.12. The second-order valence-electron chi connectivity index (χ2n) is 4.21. The fourth-order valence-electron chi connectivity index (χ4n) is 2.12. The maximum atomic E-state index is 11.8. The van der Waals surface area contributed by atoms with Crippen molar-refractivity contribution in [1.29, 1.82) is 0 Å². The van der Waals surface area contributed by atoms with E-state index in [4.69, 9.17) is 5.73 Å². The van der Waals surface area contributed by atoms with Crippen LogP contribution in [0.2, 0.25) is 0 Å². The molecule has 0 unspecified atom stereocenters. The third-order valence-corrected chi connectivity index (χ3v) is 2.67. The van der Waals surface area contributed by atoms with Gasteiger partial charge >= 0.3 is 0 Å². The van der Waals surface area contributed by atoms with Gasteiger partial charge in [0.2, 0.25) is 0 Å². The van der Waals surface area contributed by atoms with Gasteiger partial charge in [0.05, 0.1) is 0 Å². The maximum Gasteiger partial charge on any atom is 0.165 e. The molecule has 0 bridgehead atoms. The number of hydrogen-bond acceptors (Lipinski definition) is 2. The van der Waals surface area contributed by atoms with Crippen molar-refractivity contribution < 1.29 is 4.79 Å². The fourth-order valence-corrected chi connectivity index (χ4v) is 2.12. The van der Waals surface area contributed by atoms with E-state index < -0.39 is 0 Å². The number of carbonyl (C=O) groups is 1. The molecule has 1 aromatic heterocycles. The Bertz CT molecular complexity index is 364. The molecule has 0 amide bonds. The van der Waals surface area contributed by atoms with E-state index in [9.17, 15) is 4.79 Å². The third-order valence-electron chi connectivity index (χ3n) is 2.67. The van der Waals surface area contributed by atoms with Crippen molar-refractivity contribution in [1.82, 2.24) is 4.57 Å². The Morgan fingerprint density at radius 3 is 2.47 bits per heavy atom. The van der Waals surface area contributed by atoms with Crippen LogP contribution < -0.4 is 5.73 Å². The second-order valence-corrected chi connectivity index (χ2v) is 4.21. The van der Waals surface area contributed by atoms with Gasteiger partial charge < -0.3 is 10.3 Å². The van der Waals surface area contributed by atoms with Crippen LogP contribution in [-0.2, 0) is 0 Å². The fraction of sp³-hybridized carbons (Fsp3) is 0.583. The number of carbonyl (C=O) groups excluding carboxylic acids is 1. The molecule has 0 saturated heterocycles. The summed E-state index contributed by atoms with van der Waals surface area (Å²) in [7, 11) is 0. The summed E-state index contributed by atoms with van der Waals surface area (Å²) in [6.45, 7) is 8.70. The maximum absolute atomic E-state index is 11.8. The lowest BCUT2D eigenvalue weighted by Gasteiger charge is -2.13. The molecule has 0 aromatic carbocycles. The molecule has 1 rings (SSSR count). The Morgan fingerprint density at radius 2 is 2.07 bits per heavy atom. The molecular weight excluding hydrogens is 188 g/mol. The number of aryl methyl sites for hydroxylation is 1. The van der Waals surface area contributed by atoms with Crippen molar-refractivity contribution in [2.75, 3.05) is 6.54 Å². The second kappa shape index (κ2) is 4.62. The Morgan fingerprint density at radius 1 is 1.47 bits per heavy atom. The summed E-state index contributed by atoms with van der Waals surface area (Å²) in [6.07, 6.45) is 0.433. The highest BCUT2D eigenvalue weighted by Gasteiger charge is 2.15. The Kier molecular flexibility index (Phi) is 3.69. The molecule has 1 heterocycles. The van der Waals surface area contributed by atoms with E-state index in [0.717, 1.165) is 17.0 Å². The molecule has 0 radical (unpaired) electrons. The highest BCUT2D eigenvalue weighted by Crippen LogP contribution is 2.20. The van der Waals surface area contributed by atoms with Crippen molar-refractivity contribution >= 4 is 5.78 Å². The molecule has 3 nitrogen and oxygen atoms in total. The lowest BCUT2D eigenvalue weighted by atomic mass is 10.1. The number of aromatic nitrogens is 1. The quantitative estimate of drug-likeness (QED) is 0.771. The predicted octanol–water partition coefficient (Wildman–Crippen LogP) is 2.22. The lowest BCUT2D eigenvalue weighted by Crippen LogP contribution is -2.10. The van der Waals surface area contributed by atoms with Gasteiger partial charge in [-0.1, -0.05) is 0 Å². The van der Waals surface area contributed by atoms with Crippen LogP contribution in [0.25, 0.3) is 0 Å². The minimum atomic E-state index is 0.150. The molecule has 0 fully saturated rings. The molecule has 2 N–H and O–H groups in total. The first-order valence-corrected chi connectivity index (χ1v) is 5.40. The highest BCUT2D eigenvalue weighted by atomic mass is 16.1. The number of hydrogen-bond donors (Lipinski definition) is 1. The Labute approximate surface area is 91.3 Å². The van der Waals surface area contributed by atoms with Crippen LogP contribution in [0.4, 0.5) is 0 Å². The normalized spacial score (nSPS) is 11.1. The van der Waals surface area contributed by atoms with Crippen molar-refractivity contribution in [2.45, 2.75) is 40.2 Å². The molecule has 0 aliphatic rings. The highest BCUT2D eigenvalue weighted by molar-refractivity contribution is 5.97. The number of ketones is 1. The zero-order valence-corrected chi connectivity index (χ0v) is 10.0. The SMILES string of the molecule is Cc1cc(C(=O)CCN)c(C)n1C(C)C. The Hall–Kier alpha value is -1.09. The van der Waals surface area contributed by atoms with Gasteiger partial charge in [-0.2, -0.15) is 0 Å². The standard InChI is InChI=1S/C12H20N2O/c1-8(2)14-9(3)7-11(10(14)4)12(15)5-6-13/h7-8H,5-6,13H2,1-4H3. The van der Waals surface area contributed by atoms with Crippen LogP contribution in [0.15, 0.2) is 6.07 Å². The van der Waals surface area contributed by atoms with Gasteiger partial charge in [0.1, 0.15) is 0 Å². The van der Waals surface area contributed by atoms with Gasteiger partial charge in [0.15, 0.2) is 5.78 Å². The molecule has 0 saturated carbocycles. The van der Waals surface area contributed by atoms with Gasteiger partial charge in [-0.15, -0.1) is 0 Å². The van der Waals surface area contributed by atoms with Crippen molar-refractivity contribution in [3.8, 4) is 0 Å². The predicted molar refractivity (Wildman–Crippen MR) is 62.3 cm³/mol. The van der Waals surface area contributed by atoms with Crippen LogP contribution in [0.1, 0.15) is 48.1 Å². The minimum absolute atomic E-state index is 0.150. The third kappa shape index (κ3) is 2.29. The summed E-state index contributed by atoms with van der Waals surface area (Å²) in [5, 5.41) is 0. The van der Waals surface area contributed by atoms with E-state index in [-0.39, 0.29) is 5.78 Å². The minimum Gasteiger partial charge on any atom is -0.346 e. The van der Waals surface area contributed by atoms with Crippen LogP contribution in [0, 0.1) is 13.8 Å². The molecule has 0 aliphatic heterocycles. The van der Waals surface area contributed by atoms with E-state index in [2.05, 4.69) is 18.4 Å². The number of rotatable bonds is 4. The zero-order valence-electron chi connectivity index (χ0n) is 10.0. The van der Waals surface area contributed by atoms with E-state index >= 15 is 0 Å². The summed E-state index contributed by atoms with van der Waals surface area (Å²) in [4.78, 5) is 11.8. The van der Waals surface area contributed by atoms with Gasteiger partial charge in [-0.3, -0.25) is 4.79 Å². The smallest absolute Gasteiger partial charge is 0.165 e. The van der Waals surface area contributed by atoms with Crippen molar-refractivity contribution in [2.24, 2.45) is 5.73 Å². The lowest BCUT2D eigenvalue weighted by molar-refractivity contribution is 0.0984. The van der Waals surface area contributed by atoms with E-state index in [1.54, 1.807) is 0 Å². The molecular formula is C12H20N2O. The van der Waals surface area contributed by atoms with Gasteiger partial charge in [-0.05, 0) is 40.3 Å². The van der Waals surface area contributed by atoms with E-state index in [0.29, 0.717) is 19.0 Å². The monoisotopic (exact) mass is 208 g/mol. The first-order valence-electron chi connectivity index (χ1n) is 5.40. The first kappa shape index (κ1) is 12.0. The largest absolute Gasteiger partial charge is 0.346 e. The van der Waals surface area contributed by atoms with Crippen molar-refractivity contribution in [3.63, 3.8) is 0 Å². The molecule has 84 valence electrons.